The maximum atomic E-state index is 14.5. The molecule has 1 aliphatic rings. The minimum absolute atomic E-state index is 0.0668. The van der Waals surface area contributed by atoms with E-state index >= 15 is 0 Å². The first-order valence-electron chi connectivity index (χ1n) is 12.4. The van der Waals surface area contributed by atoms with Gasteiger partial charge in [0.25, 0.3) is 0 Å². The summed E-state index contributed by atoms with van der Waals surface area (Å²) in [6, 6.07) is 18.9. The molecule has 4 aromatic rings. The third-order valence-electron chi connectivity index (χ3n) is 6.20. The summed E-state index contributed by atoms with van der Waals surface area (Å²) < 4.78 is 20.0. The number of morpholine rings is 1. The first kappa shape index (κ1) is 25.1. The number of hydrogen-bond acceptors (Lipinski definition) is 9. The smallest absolute Gasteiger partial charge is 0.245 e. The molecule has 0 bridgehead atoms. The molecule has 0 aliphatic carbocycles. The Morgan fingerprint density at radius 1 is 1.08 bits per heavy atom. The third kappa shape index (κ3) is 6.04. The monoisotopic (exact) mass is 513 g/mol. The number of pyridine rings is 1. The van der Waals surface area contributed by atoms with Gasteiger partial charge in [0, 0.05) is 12.2 Å². The van der Waals surface area contributed by atoms with Gasteiger partial charge in [-0.15, -0.1) is 0 Å². The Hall–Kier alpha value is -4.57. The van der Waals surface area contributed by atoms with Crippen LogP contribution in [0.4, 0.5) is 27.5 Å². The van der Waals surface area contributed by atoms with Gasteiger partial charge in [0.05, 0.1) is 49.2 Å². The minimum Gasteiger partial charge on any atom is -0.508 e. The van der Waals surface area contributed by atoms with E-state index in [2.05, 4.69) is 30.8 Å². The maximum Gasteiger partial charge on any atom is 0.245 e. The van der Waals surface area contributed by atoms with Gasteiger partial charge in [-0.05, 0) is 53.9 Å². The van der Waals surface area contributed by atoms with E-state index in [9.17, 15) is 9.50 Å². The van der Waals surface area contributed by atoms with Gasteiger partial charge in [0.2, 0.25) is 5.95 Å². The lowest BCUT2D eigenvalue weighted by Gasteiger charge is -2.36. The highest BCUT2D eigenvalue weighted by atomic mass is 19.1. The van der Waals surface area contributed by atoms with Gasteiger partial charge in [-0.3, -0.25) is 4.98 Å². The number of hydrazone groups is 1. The van der Waals surface area contributed by atoms with Crippen LogP contribution in [-0.4, -0.2) is 52.1 Å². The molecular formula is C28H28FN7O2. The minimum atomic E-state index is -0.473. The molecular weight excluding hydrogens is 485 g/mol. The molecule has 2 aromatic carbocycles. The Morgan fingerprint density at radius 2 is 1.92 bits per heavy atom. The van der Waals surface area contributed by atoms with E-state index in [1.54, 1.807) is 24.5 Å². The zero-order valence-electron chi connectivity index (χ0n) is 20.9. The molecule has 2 aromatic heterocycles. The third-order valence-corrected chi connectivity index (χ3v) is 6.20. The molecule has 3 heterocycles. The van der Waals surface area contributed by atoms with Crippen molar-refractivity contribution in [2.75, 3.05) is 35.4 Å². The largest absolute Gasteiger partial charge is 0.508 e. The highest BCUT2D eigenvalue weighted by Crippen LogP contribution is 2.26. The van der Waals surface area contributed by atoms with Crippen molar-refractivity contribution < 1.29 is 14.2 Å². The predicted molar refractivity (Wildman–Crippen MR) is 147 cm³/mol. The number of benzene rings is 2. The number of nitrogens with one attached hydrogen (secondary N) is 2. The topological polar surface area (TPSA) is 108 Å². The Kier molecular flexibility index (Phi) is 7.70. The number of phenols is 1. The van der Waals surface area contributed by atoms with Gasteiger partial charge in [-0.25, -0.2) is 14.8 Å². The van der Waals surface area contributed by atoms with Crippen LogP contribution in [0.5, 0.6) is 5.75 Å². The Balaban J connectivity index is 1.19. The summed E-state index contributed by atoms with van der Waals surface area (Å²) in [5.74, 6) is 0.212. The van der Waals surface area contributed by atoms with Gasteiger partial charge in [-0.1, -0.05) is 31.2 Å². The number of aromatic hydroxyl groups is 1. The number of nitrogens with zero attached hydrogens (tertiary/aromatic N) is 5. The van der Waals surface area contributed by atoms with E-state index in [0.29, 0.717) is 25.5 Å². The van der Waals surface area contributed by atoms with Crippen LogP contribution in [0.1, 0.15) is 19.0 Å². The fraction of sp³-hybridized carbons (Fsp3) is 0.214. The summed E-state index contributed by atoms with van der Waals surface area (Å²) in [5.41, 5.74) is 7.08. The normalized spacial score (nSPS) is 15.5. The standard InChI is InChI=1S/C28H28FN7O2/c1-2-24-18-38-13-12-36(24)27-26(29)17-31-28(34-27)35-32-16-22-10-11-23(15-30-22)33-21-8-6-19(7-9-21)20-4-3-5-25(37)14-20/h3-11,14-17,24,33,37H,2,12-13,18H2,1H3,(H,31,34,35)/b32-16+. The summed E-state index contributed by atoms with van der Waals surface area (Å²) >= 11 is 0. The van der Waals surface area contributed by atoms with Crippen molar-refractivity contribution in [3.8, 4) is 16.9 Å². The van der Waals surface area contributed by atoms with Crippen molar-refractivity contribution >= 4 is 29.4 Å². The van der Waals surface area contributed by atoms with Crippen LogP contribution in [0.2, 0.25) is 0 Å². The number of ether oxygens (including phenoxy) is 1. The van der Waals surface area contributed by atoms with Crippen LogP contribution in [-0.2, 0) is 4.74 Å². The highest BCUT2D eigenvalue weighted by molar-refractivity contribution is 5.78. The number of phenolic OH excluding ortho intramolecular Hbond substituents is 1. The molecule has 0 spiro atoms. The summed E-state index contributed by atoms with van der Waals surface area (Å²) in [7, 11) is 0. The first-order valence-corrected chi connectivity index (χ1v) is 12.4. The lowest BCUT2D eigenvalue weighted by molar-refractivity contribution is 0.0921. The molecule has 0 amide bonds. The SMILES string of the molecule is CCC1COCCN1c1nc(N/N=C/c2ccc(Nc3ccc(-c4cccc(O)c4)cc3)cn2)ncc1F. The second-order valence-electron chi connectivity index (χ2n) is 8.79. The fourth-order valence-electron chi connectivity index (χ4n) is 4.20. The number of anilines is 4. The van der Waals surface area contributed by atoms with Crippen LogP contribution >= 0.6 is 0 Å². The first-order chi connectivity index (χ1) is 18.6. The zero-order chi connectivity index (χ0) is 26.3. The Bertz CT molecular complexity index is 1400. The molecule has 9 nitrogen and oxygen atoms in total. The molecule has 194 valence electrons. The van der Waals surface area contributed by atoms with Crippen LogP contribution in [0.15, 0.2) is 78.2 Å². The number of hydrogen-bond donors (Lipinski definition) is 3. The molecule has 0 radical (unpaired) electrons. The molecule has 10 heteroatoms. The zero-order valence-corrected chi connectivity index (χ0v) is 20.9. The molecule has 38 heavy (non-hydrogen) atoms. The van der Waals surface area contributed by atoms with Gasteiger partial charge in [0.15, 0.2) is 11.6 Å². The predicted octanol–water partition coefficient (Wildman–Crippen LogP) is 5.19. The molecule has 1 fully saturated rings. The Labute approximate surface area is 220 Å². The van der Waals surface area contributed by atoms with Gasteiger partial charge < -0.3 is 20.1 Å². The van der Waals surface area contributed by atoms with Crippen LogP contribution in [0.3, 0.4) is 0 Å². The Morgan fingerprint density at radius 3 is 2.68 bits per heavy atom. The highest BCUT2D eigenvalue weighted by Gasteiger charge is 2.25. The van der Waals surface area contributed by atoms with Gasteiger partial charge in [0.1, 0.15) is 5.75 Å². The second kappa shape index (κ2) is 11.7. The van der Waals surface area contributed by atoms with E-state index < -0.39 is 5.82 Å². The average molecular weight is 514 g/mol. The van der Waals surface area contributed by atoms with Gasteiger partial charge >= 0.3 is 0 Å². The van der Waals surface area contributed by atoms with Crippen molar-refractivity contribution in [3.05, 3.63) is 84.6 Å². The van der Waals surface area contributed by atoms with E-state index in [1.807, 2.05) is 60.4 Å². The van der Waals surface area contributed by atoms with Crippen molar-refractivity contribution in [3.63, 3.8) is 0 Å². The number of rotatable bonds is 8. The fourth-order valence-corrected chi connectivity index (χ4v) is 4.20. The summed E-state index contributed by atoms with van der Waals surface area (Å²) in [4.78, 5) is 14.7. The van der Waals surface area contributed by atoms with Crippen molar-refractivity contribution in [2.24, 2.45) is 5.10 Å². The lowest BCUT2D eigenvalue weighted by Crippen LogP contribution is -2.46. The molecule has 3 N–H and O–H groups in total. The van der Waals surface area contributed by atoms with Crippen LogP contribution in [0.25, 0.3) is 11.1 Å². The van der Waals surface area contributed by atoms with Crippen LogP contribution in [0, 0.1) is 5.82 Å². The van der Waals surface area contributed by atoms with Crippen LogP contribution < -0.4 is 15.6 Å². The molecule has 1 unspecified atom stereocenters. The van der Waals surface area contributed by atoms with E-state index in [0.717, 1.165) is 35.1 Å². The van der Waals surface area contributed by atoms with Gasteiger partial charge in [-0.2, -0.15) is 10.1 Å². The summed E-state index contributed by atoms with van der Waals surface area (Å²) in [5, 5.41) is 17.2. The average Bonchev–Trinajstić information content (AvgIpc) is 2.95. The number of halogens is 1. The summed E-state index contributed by atoms with van der Waals surface area (Å²) in [6.45, 7) is 3.68. The van der Waals surface area contributed by atoms with Crippen molar-refractivity contribution in [1.29, 1.82) is 0 Å². The molecule has 5 rings (SSSR count). The second-order valence-corrected chi connectivity index (χ2v) is 8.79. The molecule has 0 saturated carbocycles. The van der Waals surface area contributed by atoms with E-state index in [1.165, 1.54) is 0 Å². The van der Waals surface area contributed by atoms with Crippen molar-refractivity contribution in [2.45, 2.75) is 19.4 Å². The molecule has 1 aliphatic heterocycles. The number of aromatic nitrogens is 3. The van der Waals surface area contributed by atoms with E-state index in [4.69, 9.17) is 4.74 Å². The van der Waals surface area contributed by atoms with E-state index in [-0.39, 0.29) is 23.6 Å². The quantitative estimate of drug-likeness (QED) is 0.218. The molecule has 1 atom stereocenters. The van der Waals surface area contributed by atoms with Crippen molar-refractivity contribution in [1.82, 2.24) is 15.0 Å². The summed E-state index contributed by atoms with van der Waals surface area (Å²) in [6.07, 6.45) is 5.23. The maximum absolute atomic E-state index is 14.5. The molecule has 1 saturated heterocycles. The lowest BCUT2D eigenvalue weighted by atomic mass is 10.1.